The van der Waals surface area contributed by atoms with Gasteiger partial charge in [0.15, 0.2) is 0 Å². The van der Waals surface area contributed by atoms with E-state index in [0.717, 1.165) is 0 Å². The molecule has 0 aromatic rings. The Bertz CT molecular complexity index is 204. The lowest BCUT2D eigenvalue weighted by atomic mass is 10.2. The molecule has 0 aromatic carbocycles. The normalized spacial score (nSPS) is 9.83. The second-order valence-electron chi connectivity index (χ2n) is 2.39. The first-order chi connectivity index (χ1) is 6.18. The second-order valence-corrected chi connectivity index (χ2v) is 3.42. The van der Waals surface area contributed by atoms with Crippen LogP contribution >= 0.6 is 7.82 Å². The van der Waals surface area contributed by atoms with Gasteiger partial charge in [0.1, 0.15) is 6.04 Å². The van der Waals surface area contributed by atoms with E-state index in [2.05, 4.69) is 0 Å². The van der Waals surface area contributed by atoms with Crippen LogP contribution in [0.4, 0.5) is 0 Å². The van der Waals surface area contributed by atoms with Gasteiger partial charge in [0, 0.05) is 0 Å². The van der Waals surface area contributed by atoms with Crippen molar-refractivity contribution < 1.29 is 29.1 Å². The average molecular weight is 298 g/mol. The van der Waals surface area contributed by atoms with E-state index in [-0.39, 0.29) is 24.6 Å². The highest BCUT2D eigenvalue weighted by Gasteiger charge is 2.08. The number of carbonyl (C=O) groups is 1. The van der Waals surface area contributed by atoms with Gasteiger partial charge in [-0.2, -0.15) is 0 Å². The molecule has 0 rings (SSSR count). The number of carboxylic acid groups (broad SMARTS) is 1. The van der Waals surface area contributed by atoms with Crippen molar-refractivity contribution in [3.63, 3.8) is 0 Å². The van der Waals surface area contributed by atoms with Gasteiger partial charge in [0.25, 0.3) is 0 Å². The number of aliphatic carboxylic acids is 1. The van der Waals surface area contributed by atoms with Gasteiger partial charge in [-0.3, -0.25) is 4.79 Å². The zero-order chi connectivity index (χ0) is 11.8. The molecule has 18 heavy (non-hydrogen) atoms. The van der Waals surface area contributed by atoms with Crippen LogP contribution in [0.15, 0.2) is 0 Å². The third-order valence-electron chi connectivity index (χ3n) is 1.04. The van der Waals surface area contributed by atoms with Crippen LogP contribution in [0, 0.1) is 0 Å². The fraction of sp³-hybridized carbons (Fsp3) is 0.800. The van der Waals surface area contributed by atoms with Gasteiger partial charge >= 0.3 is 13.8 Å². The fourth-order valence-electron chi connectivity index (χ4n) is 0.461. The first-order valence-corrected chi connectivity index (χ1v) is 5.21. The summed E-state index contributed by atoms with van der Waals surface area (Å²) < 4.78 is 8.88. The van der Waals surface area contributed by atoms with Gasteiger partial charge in [0.05, 0.1) is 0 Å². The molecule has 12 nitrogen and oxygen atoms in total. The summed E-state index contributed by atoms with van der Waals surface area (Å²) in [6, 6.07) is -0.742. The molecule has 20 N–H and O–H groups in total. The lowest BCUT2D eigenvalue weighted by molar-refractivity contribution is -0.138. The van der Waals surface area contributed by atoms with Crippen LogP contribution in [0.2, 0.25) is 0 Å². The number of rotatable bonds is 4. The van der Waals surface area contributed by atoms with Gasteiger partial charge in [0.2, 0.25) is 0 Å². The van der Waals surface area contributed by atoms with Crippen molar-refractivity contribution in [2.24, 2.45) is 11.5 Å². The van der Waals surface area contributed by atoms with Gasteiger partial charge in [-0.05, 0) is 19.4 Å². The molecule has 0 heterocycles. The van der Waals surface area contributed by atoms with Crippen molar-refractivity contribution in [3.05, 3.63) is 0 Å². The molecule has 0 spiro atoms. The van der Waals surface area contributed by atoms with E-state index in [0.29, 0.717) is 19.4 Å². The van der Waals surface area contributed by atoms with Crippen LogP contribution in [0.1, 0.15) is 12.8 Å². The topological polar surface area (TPSA) is 307 Å². The Labute approximate surface area is 105 Å². The van der Waals surface area contributed by atoms with E-state index in [9.17, 15) is 4.79 Å². The highest BCUT2D eigenvalue weighted by atomic mass is 31.2. The molecule has 0 aliphatic carbocycles. The number of hydrogen-bond donors (Lipinski definition) is 10. The molecule has 0 aliphatic heterocycles. The summed E-state index contributed by atoms with van der Waals surface area (Å²) in [5.41, 5.74) is 10.3. The molecule has 13 heteroatoms. The molecule has 0 aliphatic rings. The van der Waals surface area contributed by atoms with Crippen LogP contribution in [0.25, 0.3) is 0 Å². The minimum absolute atomic E-state index is 0. The van der Waals surface area contributed by atoms with Crippen LogP contribution < -0.4 is 36.1 Å². The molecule has 1 atom stereocenters. The first kappa shape index (κ1) is 36.0. The van der Waals surface area contributed by atoms with E-state index in [1.165, 1.54) is 0 Å². The van der Waals surface area contributed by atoms with Crippen molar-refractivity contribution in [2.75, 3.05) is 6.54 Å². The molecular weight excluding hydrogens is 271 g/mol. The molecule has 0 aromatic heterocycles. The average Bonchev–Trinajstić information content (AvgIpc) is 1.96. The molecule has 0 radical (unpaired) electrons. The third kappa shape index (κ3) is 58.6. The molecule has 0 bridgehead atoms. The Balaban J connectivity index is -0.0000000359. The predicted octanol–water partition coefficient (Wildman–Crippen LogP) is -1.14. The maximum absolute atomic E-state index is 10.0. The quantitative estimate of drug-likeness (QED) is 0.275. The van der Waals surface area contributed by atoms with Crippen molar-refractivity contribution in [1.29, 1.82) is 0 Å². The third-order valence-corrected chi connectivity index (χ3v) is 1.04. The fourth-order valence-corrected chi connectivity index (χ4v) is 0.461. The molecular formula is C5H27N6O6P. The van der Waals surface area contributed by atoms with Gasteiger partial charge in [-0.1, -0.05) is 0 Å². The molecule has 0 saturated carbocycles. The summed E-state index contributed by atoms with van der Waals surface area (Å²) in [5.74, 6) is -0.955. The van der Waals surface area contributed by atoms with Crippen molar-refractivity contribution in [2.45, 2.75) is 18.9 Å². The van der Waals surface area contributed by atoms with Crippen molar-refractivity contribution >= 4 is 13.8 Å². The Morgan fingerprint density at radius 1 is 1.11 bits per heavy atom. The van der Waals surface area contributed by atoms with Crippen LogP contribution in [-0.4, -0.2) is 38.3 Å². The van der Waals surface area contributed by atoms with Gasteiger partial charge in [-0.25, -0.2) is 4.57 Å². The van der Waals surface area contributed by atoms with E-state index < -0.39 is 19.8 Å². The molecule has 0 amide bonds. The predicted molar refractivity (Wildman–Crippen MR) is 68.3 cm³/mol. The van der Waals surface area contributed by atoms with E-state index in [1.807, 2.05) is 0 Å². The summed E-state index contributed by atoms with van der Waals surface area (Å²) in [5, 5.41) is 8.24. The van der Waals surface area contributed by atoms with Crippen LogP contribution in [0.5, 0.6) is 0 Å². The Morgan fingerprint density at radius 3 is 1.56 bits per heavy atom. The number of nitrogens with two attached hydrogens (primary N) is 2. The van der Waals surface area contributed by atoms with Crippen LogP contribution in [-0.2, 0) is 9.36 Å². The standard InChI is InChI=1S/C5H12N2O2.4H3N.H3O4P/c6-3-1-2-4(7)5(8)9;;;;;1-5(2,3)4/h4H,1-3,6-7H2,(H,8,9);4*1H3;(H3,1,2,3,4)/t4-;;;;;/m0...../s1. The summed E-state index contributed by atoms with van der Waals surface area (Å²) in [7, 11) is -4.64. The smallest absolute Gasteiger partial charge is 0.466 e. The Hall–Kier alpha value is -0.660. The highest BCUT2D eigenvalue weighted by molar-refractivity contribution is 7.45. The Kier molecular flexibility index (Phi) is 37.4. The second kappa shape index (κ2) is 18.7. The van der Waals surface area contributed by atoms with Crippen molar-refractivity contribution in [3.8, 4) is 0 Å². The number of phosphoric acid groups is 1. The first-order valence-electron chi connectivity index (χ1n) is 3.65. The number of hydrogen-bond acceptors (Lipinski definition) is 8. The highest BCUT2D eigenvalue weighted by Crippen LogP contribution is 2.25. The van der Waals surface area contributed by atoms with Crippen molar-refractivity contribution in [1.82, 2.24) is 24.6 Å². The van der Waals surface area contributed by atoms with Crippen LogP contribution in [0.3, 0.4) is 0 Å². The largest absolute Gasteiger partial charge is 0.480 e. The van der Waals surface area contributed by atoms with E-state index in [1.54, 1.807) is 0 Å². The van der Waals surface area contributed by atoms with Gasteiger partial charge < -0.3 is 55.9 Å². The lowest BCUT2D eigenvalue weighted by Gasteiger charge is -2.02. The van der Waals surface area contributed by atoms with E-state index in [4.69, 9.17) is 35.8 Å². The Morgan fingerprint density at radius 2 is 1.39 bits per heavy atom. The molecule has 0 unspecified atom stereocenters. The zero-order valence-corrected chi connectivity index (χ0v) is 11.1. The summed E-state index contributed by atoms with van der Waals surface area (Å²) in [6.45, 7) is 0.501. The molecule has 0 fully saturated rings. The van der Waals surface area contributed by atoms with Gasteiger partial charge in [-0.15, -0.1) is 0 Å². The SMILES string of the molecule is N.N.N.N.NCCC[C@H](N)C(=O)O.O=P(O)(O)O. The summed E-state index contributed by atoms with van der Waals surface area (Å²) >= 11 is 0. The van der Waals surface area contributed by atoms with E-state index >= 15 is 0 Å². The maximum Gasteiger partial charge on any atom is 0.466 e. The number of carboxylic acids is 1. The molecule has 118 valence electrons. The summed E-state index contributed by atoms with van der Waals surface area (Å²) in [6.07, 6.45) is 1.14. The summed E-state index contributed by atoms with van der Waals surface area (Å²) in [4.78, 5) is 31.6. The zero-order valence-electron chi connectivity index (χ0n) is 10.2. The minimum atomic E-state index is -4.64. The monoisotopic (exact) mass is 298 g/mol. The minimum Gasteiger partial charge on any atom is -0.480 e. The maximum atomic E-state index is 10.0. The molecule has 0 saturated heterocycles. The lowest BCUT2D eigenvalue weighted by Crippen LogP contribution is -2.30.